The molecular weight excluding hydrogens is 779 g/mol. The highest BCUT2D eigenvalue weighted by atomic mass is 16.5. The Hall–Kier alpha value is -4.74. The average Bonchev–Trinajstić information content (AvgIpc) is 3.90. The normalized spacial score (nSPS) is 16.2. The van der Waals surface area contributed by atoms with E-state index in [1.807, 2.05) is 40.1 Å². The molecule has 338 valence electrons. The lowest BCUT2D eigenvalue weighted by Crippen LogP contribution is -2.52. The SMILES string of the molecule is CCO[C@H](CC(=O)CCC(C)C)C(=O)N[C@H](C1=NC=C(c2ccc(-c3ccc(C4=CN=C([C@@H](NC(=O)[C@@H](CC(=O)NCC(C)C)OCC)C(C)(C)C)C4)cc3)cc2)C1)C(C)(C)C. The van der Waals surface area contributed by atoms with Crippen molar-refractivity contribution < 1.29 is 28.7 Å². The fourth-order valence-electron chi connectivity index (χ4n) is 7.60. The number of ketones is 1. The van der Waals surface area contributed by atoms with Crippen molar-refractivity contribution in [3.63, 3.8) is 0 Å². The number of aliphatic imine (C=N–C) groups is 2. The van der Waals surface area contributed by atoms with Crippen LogP contribution in [0.3, 0.4) is 0 Å². The number of hydrogen-bond acceptors (Lipinski definition) is 8. The van der Waals surface area contributed by atoms with E-state index >= 15 is 0 Å². The molecule has 0 saturated heterocycles. The molecule has 0 saturated carbocycles. The number of allylic oxidation sites excluding steroid dienone is 2. The summed E-state index contributed by atoms with van der Waals surface area (Å²) in [6, 6.07) is 16.2. The van der Waals surface area contributed by atoms with Crippen LogP contribution in [0.4, 0.5) is 0 Å². The van der Waals surface area contributed by atoms with E-state index in [4.69, 9.17) is 19.5 Å². The summed E-state index contributed by atoms with van der Waals surface area (Å²) in [4.78, 5) is 62.0. The molecule has 0 fully saturated rings. The van der Waals surface area contributed by atoms with Gasteiger partial charge in [0.1, 0.15) is 18.0 Å². The van der Waals surface area contributed by atoms with E-state index in [0.717, 1.165) is 51.2 Å². The molecule has 0 radical (unpaired) electrons. The summed E-state index contributed by atoms with van der Waals surface area (Å²) in [5.41, 5.74) is 7.52. The molecule has 0 aromatic heterocycles. The first-order valence-corrected chi connectivity index (χ1v) is 22.5. The molecule has 2 aliphatic heterocycles. The fraction of sp³-hybridized carbons (Fsp3) is 0.569. The Morgan fingerprint density at radius 3 is 1.39 bits per heavy atom. The third-order valence-corrected chi connectivity index (χ3v) is 11.1. The summed E-state index contributed by atoms with van der Waals surface area (Å²) in [6.45, 7) is 25.5. The van der Waals surface area contributed by atoms with E-state index < -0.39 is 12.2 Å². The van der Waals surface area contributed by atoms with Gasteiger partial charge in [0.15, 0.2) is 0 Å². The van der Waals surface area contributed by atoms with Crippen molar-refractivity contribution in [1.82, 2.24) is 16.0 Å². The van der Waals surface area contributed by atoms with Gasteiger partial charge >= 0.3 is 0 Å². The standard InChI is InChI=1S/C51H73N5O6/c1-13-61-43(27-40(57)24-15-32(3)4)48(59)55-46(50(7,8)9)41-25-38(30-52-41)36-20-16-34(17-21-36)35-18-22-37(23-19-35)39-26-42(53-31-39)47(51(10,11)12)56-49(60)44(62-14-2)28-45(58)54-29-33(5)6/h16-23,30-33,43-44,46-47H,13-15,24-29H2,1-12H3,(H,54,58)(H,55,59)(H,56,60)/t43-,44-,46-,47-/m1/s1. The second-order valence-corrected chi connectivity index (χ2v) is 19.6. The Kier molecular flexibility index (Phi) is 18.2. The van der Waals surface area contributed by atoms with Crippen LogP contribution in [-0.4, -0.2) is 79.0 Å². The average molecular weight is 852 g/mol. The van der Waals surface area contributed by atoms with Crippen molar-refractivity contribution in [2.24, 2.45) is 32.7 Å². The van der Waals surface area contributed by atoms with Crippen molar-refractivity contribution in [3.8, 4) is 11.1 Å². The van der Waals surface area contributed by atoms with Gasteiger partial charge in [-0.3, -0.25) is 29.2 Å². The predicted molar refractivity (Wildman–Crippen MR) is 252 cm³/mol. The maximum Gasteiger partial charge on any atom is 0.250 e. The second kappa shape index (κ2) is 22.6. The van der Waals surface area contributed by atoms with Crippen LogP contribution in [0.1, 0.15) is 133 Å². The van der Waals surface area contributed by atoms with Crippen molar-refractivity contribution in [3.05, 3.63) is 72.1 Å². The summed E-state index contributed by atoms with van der Waals surface area (Å²) in [5, 5.41) is 9.26. The lowest BCUT2D eigenvalue weighted by Gasteiger charge is -2.33. The molecule has 4 rings (SSSR count). The van der Waals surface area contributed by atoms with Crippen molar-refractivity contribution in [2.45, 2.75) is 146 Å². The van der Waals surface area contributed by atoms with Gasteiger partial charge < -0.3 is 25.4 Å². The number of Topliss-reactive ketones (excluding diaryl/α,β-unsaturated/α-hetero) is 1. The lowest BCUT2D eigenvalue weighted by atomic mass is 9.81. The monoisotopic (exact) mass is 852 g/mol. The summed E-state index contributed by atoms with van der Waals surface area (Å²) >= 11 is 0. The number of carbonyl (C=O) groups is 4. The number of nitrogens with one attached hydrogen (secondary N) is 3. The van der Waals surface area contributed by atoms with Crippen LogP contribution >= 0.6 is 0 Å². The molecule has 11 heteroatoms. The van der Waals surface area contributed by atoms with Crippen LogP contribution in [0.15, 0.2) is 70.9 Å². The number of amides is 3. The highest BCUT2D eigenvalue weighted by Gasteiger charge is 2.37. The van der Waals surface area contributed by atoms with Gasteiger partial charge in [-0.2, -0.15) is 0 Å². The molecule has 2 aliphatic rings. The minimum atomic E-state index is -0.892. The van der Waals surface area contributed by atoms with Gasteiger partial charge in [0.05, 0.1) is 18.5 Å². The molecule has 2 aromatic carbocycles. The third-order valence-electron chi connectivity index (χ3n) is 11.1. The van der Waals surface area contributed by atoms with Gasteiger partial charge in [-0.25, -0.2) is 0 Å². The third kappa shape index (κ3) is 14.7. The van der Waals surface area contributed by atoms with Crippen molar-refractivity contribution in [2.75, 3.05) is 19.8 Å². The maximum absolute atomic E-state index is 13.6. The van der Waals surface area contributed by atoms with Crippen molar-refractivity contribution in [1.29, 1.82) is 0 Å². The predicted octanol–water partition coefficient (Wildman–Crippen LogP) is 9.15. The molecule has 4 atom stereocenters. The molecule has 62 heavy (non-hydrogen) atoms. The van der Waals surface area contributed by atoms with E-state index in [1.165, 1.54) is 0 Å². The van der Waals surface area contributed by atoms with Gasteiger partial charge in [-0.15, -0.1) is 0 Å². The number of rotatable bonds is 22. The number of carbonyl (C=O) groups excluding carboxylic acids is 4. The van der Waals surface area contributed by atoms with Crippen LogP contribution in [0.2, 0.25) is 0 Å². The zero-order valence-corrected chi connectivity index (χ0v) is 39.4. The summed E-state index contributed by atoms with van der Waals surface area (Å²) in [6.07, 6.45) is 4.52. The molecular formula is C51H73N5O6. The molecule has 11 nitrogen and oxygen atoms in total. The number of ether oxygens (including phenoxy) is 2. The van der Waals surface area contributed by atoms with Gasteiger partial charge in [0.25, 0.3) is 0 Å². The zero-order chi connectivity index (χ0) is 45.8. The van der Waals surface area contributed by atoms with Crippen LogP contribution in [0.25, 0.3) is 22.3 Å². The molecule has 0 aliphatic carbocycles. The van der Waals surface area contributed by atoms with Gasteiger partial charge in [0.2, 0.25) is 17.7 Å². The lowest BCUT2D eigenvalue weighted by molar-refractivity contribution is -0.138. The first kappa shape index (κ1) is 49.9. The quantitative estimate of drug-likeness (QED) is 0.108. The Balaban J connectivity index is 1.37. The van der Waals surface area contributed by atoms with E-state index in [1.54, 1.807) is 0 Å². The van der Waals surface area contributed by atoms with Crippen LogP contribution in [0.5, 0.6) is 0 Å². The van der Waals surface area contributed by atoms with Crippen LogP contribution in [0, 0.1) is 22.7 Å². The second-order valence-electron chi connectivity index (χ2n) is 19.6. The highest BCUT2D eigenvalue weighted by molar-refractivity contribution is 6.05. The first-order valence-electron chi connectivity index (χ1n) is 22.5. The van der Waals surface area contributed by atoms with Gasteiger partial charge in [-0.05, 0) is 76.3 Å². The topological polar surface area (TPSA) is 148 Å². The summed E-state index contributed by atoms with van der Waals surface area (Å²) in [5.74, 6) is -0.0389. The van der Waals surface area contributed by atoms with Crippen LogP contribution in [-0.2, 0) is 28.7 Å². The first-order chi connectivity index (χ1) is 29.2. The van der Waals surface area contributed by atoms with E-state index in [0.29, 0.717) is 50.9 Å². The minimum absolute atomic E-state index is 0.0407. The number of nitrogens with zero attached hydrogens (tertiary/aromatic N) is 2. The van der Waals surface area contributed by atoms with E-state index in [-0.39, 0.29) is 59.3 Å². The van der Waals surface area contributed by atoms with Gasteiger partial charge in [0, 0.05) is 69.3 Å². The highest BCUT2D eigenvalue weighted by Crippen LogP contribution is 2.34. The molecule has 2 aromatic rings. The Bertz CT molecular complexity index is 1840. The number of hydrogen-bond donors (Lipinski definition) is 3. The van der Waals surface area contributed by atoms with Crippen molar-refractivity contribution >= 4 is 46.1 Å². The Morgan fingerprint density at radius 2 is 1.02 bits per heavy atom. The molecule has 3 amide bonds. The Morgan fingerprint density at radius 1 is 0.613 bits per heavy atom. The van der Waals surface area contributed by atoms with Gasteiger partial charge in [-0.1, -0.05) is 118 Å². The Labute approximate surface area is 371 Å². The maximum atomic E-state index is 13.6. The molecule has 2 heterocycles. The van der Waals surface area contributed by atoms with Crippen LogP contribution < -0.4 is 16.0 Å². The molecule has 0 bridgehead atoms. The molecule has 0 spiro atoms. The summed E-state index contributed by atoms with van der Waals surface area (Å²) < 4.78 is 11.5. The molecule has 3 N–H and O–H groups in total. The number of benzene rings is 2. The van der Waals surface area contributed by atoms with E-state index in [9.17, 15) is 19.2 Å². The largest absolute Gasteiger partial charge is 0.368 e. The molecule has 0 unspecified atom stereocenters. The smallest absolute Gasteiger partial charge is 0.250 e. The summed E-state index contributed by atoms with van der Waals surface area (Å²) in [7, 11) is 0. The minimum Gasteiger partial charge on any atom is -0.368 e. The van der Waals surface area contributed by atoms with E-state index in [2.05, 4.69) is 120 Å². The fourth-order valence-corrected chi connectivity index (χ4v) is 7.60. The zero-order valence-electron chi connectivity index (χ0n) is 39.4.